The van der Waals surface area contributed by atoms with E-state index in [9.17, 15) is 9.59 Å². The van der Waals surface area contributed by atoms with Gasteiger partial charge in [0.15, 0.2) is 0 Å². The number of rotatable bonds is 5. The normalized spacial score (nSPS) is 18.6. The van der Waals surface area contributed by atoms with Gasteiger partial charge < -0.3 is 16.0 Å². The molecule has 0 radical (unpaired) electrons. The van der Waals surface area contributed by atoms with Crippen molar-refractivity contribution in [3.63, 3.8) is 0 Å². The Morgan fingerprint density at radius 1 is 1.30 bits per heavy atom. The second-order valence-corrected chi connectivity index (χ2v) is 6.66. The molecule has 5 heteroatoms. The largest absolute Gasteiger partial charge is 0.355 e. The van der Waals surface area contributed by atoms with Crippen molar-refractivity contribution in [2.24, 2.45) is 11.7 Å². The molecular weight excluding hydrogens is 290 g/mol. The van der Waals surface area contributed by atoms with Gasteiger partial charge in [-0.2, -0.15) is 0 Å². The fourth-order valence-corrected chi connectivity index (χ4v) is 3.09. The lowest BCUT2D eigenvalue weighted by Crippen LogP contribution is -2.50. The summed E-state index contributed by atoms with van der Waals surface area (Å²) >= 11 is 0. The number of nitrogens with two attached hydrogens (primary N) is 1. The summed E-state index contributed by atoms with van der Waals surface area (Å²) < 4.78 is 0. The Bertz CT molecular complexity index is 542. The minimum absolute atomic E-state index is 0.00506. The van der Waals surface area contributed by atoms with Gasteiger partial charge in [0.1, 0.15) is 0 Å². The highest BCUT2D eigenvalue weighted by atomic mass is 16.2. The van der Waals surface area contributed by atoms with Gasteiger partial charge in [0.25, 0.3) is 0 Å². The van der Waals surface area contributed by atoms with Gasteiger partial charge in [-0.1, -0.05) is 30.3 Å². The van der Waals surface area contributed by atoms with Crippen molar-refractivity contribution in [2.45, 2.75) is 32.1 Å². The van der Waals surface area contributed by atoms with E-state index >= 15 is 0 Å². The van der Waals surface area contributed by atoms with Crippen molar-refractivity contribution in [1.29, 1.82) is 0 Å². The summed E-state index contributed by atoms with van der Waals surface area (Å²) in [7, 11) is 0. The first-order valence-electron chi connectivity index (χ1n) is 8.29. The summed E-state index contributed by atoms with van der Waals surface area (Å²) in [6, 6.07) is 9.80. The van der Waals surface area contributed by atoms with Crippen LogP contribution in [0.4, 0.5) is 0 Å². The molecule has 2 amide bonds. The molecule has 3 N–H and O–H groups in total. The molecule has 1 saturated heterocycles. The highest BCUT2D eigenvalue weighted by molar-refractivity contribution is 5.88. The highest BCUT2D eigenvalue weighted by Crippen LogP contribution is 2.28. The predicted octanol–water partition coefficient (Wildman–Crippen LogP) is 1.28. The molecule has 1 heterocycles. The number of carbonyl (C=O) groups is 2. The van der Waals surface area contributed by atoms with Crippen LogP contribution in [0.2, 0.25) is 0 Å². The van der Waals surface area contributed by atoms with Crippen molar-refractivity contribution in [1.82, 2.24) is 10.2 Å². The summed E-state index contributed by atoms with van der Waals surface area (Å²) in [5.41, 5.74) is 5.84. The molecule has 1 aromatic carbocycles. The van der Waals surface area contributed by atoms with Gasteiger partial charge in [0.05, 0.1) is 11.3 Å². The molecule has 1 aromatic rings. The Labute approximate surface area is 138 Å². The van der Waals surface area contributed by atoms with Crippen LogP contribution >= 0.6 is 0 Å². The molecule has 2 rings (SSSR count). The van der Waals surface area contributed by atoms with Crippen molar-refractivity contribution in [3.05, 3.63) is 35.9 Å². The zero-order chi connectivity index (χ0) is 16.9. The number of amides is 2. The molecule has 0 bridgehead atoms. The van der Waals surface area contributed by atoms with Crippen molar-refractivity contribution in [2.75, 3.05) is 26.2 Å². The van der Waals surface area contributed by atoms with Gasteiger partial charge in [0.2, 0.25) is 11.8 Å². The number of nitrogens with one attached hydrogen (secondary N) is 1. The van der Waals surface area contributed by atoms with Gasteiger partial charge >= 0.3 is 0 Å². The lowest BCUT2D eigenvalue weighted by Gasteiger charge is -2.37. The average Bonchev–Trinajstić information content (AvgIpc) is 2.59. The first-order chi connectivity index (χ1) is 11.0. The Kier molecular flexibility index (Phi) is 5.77. The third-order valence-electron chi connectivity index (χ3n) is 4.55. The van der Waals surface area contributed by atoms with Gasteiger partial charge in [-0.05, 0) is 32.3 Å². The molecule has 0 aromatic heterocycles. The summed E-state index contributed by atoms with van der Waals surface area (Å²) in [6.07, 6.45) is 1.68. The predicted molar refractivity (Wildman–Crippen MR) is 90.8 cm³/mol. The molecule has 0 aliphatic carbocycles. The van der Waals surface area contributed by atoms with Crippen molar-refractivity contribution in [3.8, 4) is 0 Å². The van der Waals surface area contributed by atoms with Crippen LogP contribution in [-0.2, 0) is 15.0 Å². The van der Waals surface area contributed by atoms with Crippen LogP contribution in [0, 0.1) is 5.92 Å². The third kappa shape index (κ3) is 4.10. The molecule has 0 saturated carbocycles. The van der Waals surface area contributed by atoms with Crippen LogP contribution in [0.5, 0.6) is 0 Å². The minimum atomic E-state index is -0.586. The van der Waals surface area contributed by atoms with E-state index in [0.29, 0.717) is 19.6 Å². The summed E-state index contributed by atoms with van der Waals surface area (Å²) in [6.45, 7) is 6.02. The third-order valence-corrected chi connectivity index (χ3v) is 4.55. The number of carbonyl (C=O) groups excluding carboxylic acids is 2. The van der Waals surface area contributed by atoms with Gasteiger partial charge in [-0.25, -0.2) is 0 Å². The van der Waals surface area contributed by atoms with Crippen LogP contribution in [-0.4, -0.2) is 42.9 Å². The Morgan fingerprint density at radius 3 is 2.65 bits per heavy atom. The topological polar surface area (TPSA) is 75.4 Å². The van der Waals surface area contributed by atoms with Crippen LogP contribution < -0.4 is 11.1 Å². The zero-order valence-corrected chi connectivity index (χ0v) is 14.0. The molecule has 1 aliphatic rings. The monoisotopic (exact) mass is 317 g/mol. The van der Waals surface area contributed by atoms with E-state index in [0.717, 1.165) is 24.9 Å². The van der Waals surface area contributed by atoms with E-state index in [1.165, 1.54) is 0 Å². The van der Waals surface area contributed by atoms with E-state index in [-0.39, 0.29) is 17.7 Å². The van der Waals surface area contributed by atoms with E-state index in [2.05, 4.69) is 5.32 Å². The second-order valence-electron chi connectivity index (χ2n) is 6.66. The minimum Gasteiger partial charge on any atom is -0.355 e. The molecule has 1 unspecified atom stereocenters. The number of likely N-dealkylation sites (tertiary alicyclic amines) is 1. The molecular formula is C18H27N3O2. The molecule has 126 valence electrons. The Hall–Kier alpha value is -1.88. The van der Waals surface area contributed by atoms with Crippen LogP contribution in [0.3, 0.4) is 0 Å². The smallest absolute Gasteiger partial charge is 0.232 e. The van der Waals surface area contributed by atoms with Crippen LogP contribution in [0.1, 0.15) is 32.3 Å². The van der Waals surface area contributed by atoms with E-state index < -0.39 is 5.41 Å². The van der Waals surface area contributed by atoms with Gasteiger partial charge in [-0.3, -0.25) is 9.59 Å². The van der Waals surface area contributed by atoms with Crippen molar-refractivity contribution >= 4 is 11.8 Å². The number of nitrogens with zero attached hydrogens (tertiary/aromatic N) is 1. The maximum atomic E-state index is 13.0. The Balaban J connectivity index is 2.05. The number of piperidine rings is 1. The quantitative estimate of drug-likeness (QED) is 0.859. The number of hydrogen-bond acceptors (Lipinski definition) is 3. The SMILES string of the molecule is CC(C)(C(=O)N1CCCC(C(=O)NCCN)C1)c1ccccc1. The molecule has 23 heavy (non-hydrogen) atoms. The first kappa shape index (κ1) is 17.5. The van der Waals surface area contributed by atoms with Gasteiger partial charge in [-0.15, -0.1) is 0 Å². The molecule has 1 fully saturated rings. The first-order valence-corrected chi connectivity index (χ1v) is 8.29. The lowest BCUT2D eigenvalue weighted by molar-refractivity contribution is -0.140. The second kappa shape index (κ2) is 7.59. The standard InChI is InChI=1S/C18H27N3O2/c1-18(2,15-8-4-3-5-9-15)17(23)21-12-6-7-14(13-21)16(22)20-11-10-19/h3-5,8-9,14H,6-7,10-13,19H2,1-2H3,(H,20,22). The lowest BCUT2D eigenvalue weighted by atomic mass is 9.82. The van der Waals surface area contributed by atoms with Gasteiger partial charge in [0, 0.05) is 26.2 Å². The Morgan fingerprint density at radius 2 is 2.00 bits per heavy atom. The number of hydrogen-bond donors (Lipinski definition) is 2. The maximum absolute atomic E-state index is 13.0. The fraction of sp³-hybridized carbons (Fsp3) is 0.556. The summed E-state index contributed by atoms with van der Waals surface area (Å²) in [5, 5.41) is 2.83. The maximum Gasteiger partial charge on any atom is 0.232 e. The zero-order valence-electron chi connectivity index (χ0n) is 14.0. The number of benzene rings is 1. The molecule has 0 spiro atoms. The van der Waals surface area contributed by atoms with Crippen LogP contribution in [0.25, 0.3) is 0 Å². The average molecular weight is 317 g/mol. The summed E-state index contributed by atoms with van der Waals surface area (Å²) in [5.74, 6) is -0.0451. The fourth-order valence-electron chi connectivity index (χ4n) is 3.09. The van der Waals surface area contributed by atoms with E-state index in [4.69, 9.17) is 5.73 Å². The van der Waals surface area contributed by atoms with E-state index in [1.807, 2.05) is 49.1 Å². The summed E-state index contributed by atoms with van der Waals surface area (Å²) in [4.78, 5) is 27.0. The van der Waals surface area contributed by atoms with Crippen molar-refractivity contribution < 1.29 is 9.59 Å². The highest BCUT2D eigenvalue weighted by Gasteiger charge is 2.37. The molecule has 5 nitrogen and oxygen atoms in total. The van der Waals surface area contributed by atoms with Crippen LogP contribution in [0.15, 0.2) is 30.3 Å². The van der Waals surface area contributed by atoms with E-state index in [1.54, 1.807) is 0 Å². The molecule has 1 aliphatic heterocycles. The molecule has 1 atom stereocenters.